The minimum absolute atomic E-state index is 0.211. The quantitative estimate of drug-likeness (QED) is 0.191. The Morgan fingerprint density at radius 1 is 0.425 bits per heavy atom. The highest BCUT2D eigenvalue weighted by Gasteiger charge is 1.84. The average Bonchev–Trinajstić information content (AvgIpc) is 2.75. The van der Waals surface area contributed by atoms with Crippen LogP contribution < -0.4 is 0 Å². The Labute approximate surface area is 269 Å². The van der Waals surface area contributed by atoms with Crippen molar-refractivity contribution < 1.29 is 52.8 Å². The van der Waals surface area contributed by atoms with Gasteiger partial charge in [0, 0.05) is 41.7 Å². The molecular weight excluding hydrogens is 665 g/mol. The Balaban J connectivity index is -0.0000000495. The molecule has 0 unspecified atom stereocenters. The number of rotatable bonds is 5. The molecule has 0 rings (SSSR count). The maximum atomic E-state index is 9.82. The zero-order valence-corrected chi connectivity index (χ0v) is 29.5. The molecule has 246 valence electrons. The molecule has 11 nitrogen and oxygen atoms in total. The van der Waals surface area contributed by atoms with E-state index in [1.807, 2.05) is 0 Å². The predicted molar refractivity (Wildman–Crippen MR) is 162 cm³/mol. The molecule has 0 radical (unpaired) electrons. The molecule has 0 bridgehead atoms. The van der Waals surface area contributed by atoms with Gasteiger partial charge < -0.3 is 28.8 Å². The van der Waals surface area contributed by atoms with Gasteiger partial charge in [-0.3, -0.25) is 24.0 Å². The van der Waals surface area contributed by atoms with Crippen molar-refractivity contribution in [2.45, 2.75) is 77.8 Å². The van der Waals surface area contributed by atoms with Gasteiger partial charge in [-0.05, 0) is 34.6 Å². The zero-order chi connectivity index (χ0) is 34.1. The van der Waals surface area contributed by atoms with E-state index in [0.29, 0.717) is 33.0 Å². The molecule has 0 fully saturated rings. The van der Waals surface area contributed by atoms with E-state index in [-0.39, 0.29) is 29.8 Å². The van der Waals surface area contributed by atoms with Crippen LogP contribution in [0.15, 0.2) is 0 Å². The molecule has 0 aliphatic heterocycles. The smallest absolute Gasteiger partial charge is 0.302 e. The van der Waals surface area contributed by atoms with Crippen molar-refractivity contribution in [3.8, 4) is 0 Å². The third-order valence-electron chi connectivity index (χ3n) is 1.74. The standard InChI is InChI=1S/5C4H8O2.2CHCl3.CH4O/c5*1-3-6-4(2)5;2*2-1(3)4;1-2/h5*3H2,1-2H3;2*1H;2H,1H3. The Bertz CT molecular complexity index is 435. The lowest BCUT2D eigenvalue weighted by Crippen LogP contribution is -1.95. The molecule has 0 aromatic rings. The van der Waals surface area contributed by atoms with Crippen molar-refractivity contribution in [1.29, 1.82) is 0 Å². The van der Waals surface area contributed by atoms with Gasteiger partial charge in [0.15, 0.2) is 8.59 Å². The summed E-state index contributed by atoms with van der Waals surface area (Å²) in [7, 11) is 1.00. The number of esters is 5. The van der Waals surface area contributed by atoms with Gasteiger partial charge in [0.2, 0.25) is 0 Å². The third-order valence-corrected chi connectivity index (χ3v) is 1.74. The number of ether oxygens (including phenoxy) is 5. The van der Waals surface area contributed by atoms with Crippen molar-refractivity contribution >= 4 is 99.5 Å². The first-order valence-corrected chi connectivity index (χ1v) is 13.9. The molecule has 0 aliphatic carbocycles. The molecule has 0 saturated heterocycles. The summed E-state index contributed by atoms with van der Waals surface area (Å²) in [6.45, 7) is 18.3. The maximum absolute atomic E-state index is 9.82. The summed E-state index contributed by atoms with van der Waals surface area (Å²) in [4.78, 5) is 49.1. The lowest BCUT2D eigenvalue weighted by atomic mass is 10.8. The van der Waals surface area contributed by atoms with Gasteiger partial charge >= 0.3 is 29.8 Å². The number of hydrogen-bond donors (Lipinski definition) is 1. The molecule has 0 aromatic carbocycles. The molecule has 0 amide bonds. The summed E-state index contributed by atoms with van der Waals surface area (Å²) in [5, 5.41) is 7.00. The molecule has 1 N–H and O–H groups in total. The van der Waals surface area contributed by atoms with Crippen molar-refractivity contribution in [3.05, 3.63) is 0 Å². The number of halogens is 6. The van der Waals surface area contributed by atoms with Gasteiger partial charge in [0.25, 0.3) is 0 Å². The lowest BCUT2D eigenvalue weighted by molar-refractivity contribution is -0.141. The highest BCUT2D eigenvalue weighted by Crippen LogP contribution is 2.04. The molecule has 0 saturated carbocycles. The van der Waals surface area contributed by atoms with Crippen LogP contribution in [0.2, 0.25) is 0 Å². The minimum Gasteiger partial charge on any atom is -0.466 e. The lowest BCUT2D eigenvalue weighted by Gasteiger charge is -1.89. The molecule has 0 aromatic heterocycles. The Kier molecular flexibility index (Phi) is 84.8. The average molecular weight is 711 g/mol. The van der Waals surface area contributed by atoms with Crippen LogP contribution in [0.3, 0.4) is 0 Å². The number of carbonyl (C=O) groups excluding carboxylic acids is 5. The van der Waals surface area contributed by atoms with Crippen LogP contribution in [0.1, 0.15) is 69.2 Å². The summed E-state index contributed by atoms with van der Waals surface area (Å²) >= 11 is 28.8. The first-order valence-electron chi connectivity index (χ1n) is 11.3. The molecule has 0 spiro atoms. The van der Waals surface area contributed by atoms with E-state index < -0.39 is 8.59 Å². The number of alkyl halides is 6. The largest absolute Gasteiger partial charge is 0.466 e. The van der Waals surface area contributed by atoms with E-state index in [4.69, 9.17) is 74.7 Å². The number of aliphatic hydroxyl groups excluding tert-OH is 1. The second-order valence-electron chi connectivity index (χ2n) is 5.12. The summed E-state index contributed by atoms with van der Waals surface area (Å²) in [6.07, 6.45) is 0. The van der Waals surface area contributed by atoms with Gasteiger partial charge in [-0.15, -0.1) is 0 Å². The fourth-order valence-corrected chi connectivity index (χ4v) is 1.02. The third kappa shape index (κ3) is 244. The normalized spacial score (nSPS) is 7.70. The summed E-state index contributed by atoms with van der Waals surface area (Å²) in [5.41, 5.74) is 0. The number of hydrogen-bond acceptors (Lipinski definition) is 11. The van der Waals surface area contributed by atoms with Crippen molar-refractivity contribution in [3.63, 3.8) is 0 Å². The molecule has 0 heterocycles. The fraction of sp³-hybridized carbons (Fsp3) is 0.783. The van der Waals surface area contributed by atoms with E-state index in [2.05, 4.69) is 23.7 Å². The van der Waals surface area contributed by atoms with Gasteiger partial charge in [0.1, 0.15) is 0 Å². The van der Waals surface area contributed by atoms with Crippen LogP contribution >= 0.6 is 69.6 Å². The Morgan fingerprint density at radius 2 is 0.500 bits per heavy atom. The van der Waals surface area contributed by atoms with Crippen LogP contribution in [0.5, 0.6) is 0 Å². The highest BCUT2D eigenvalue weighted by molar-refractivity contribution is 6.63. The van der Waals surface area contributed by atoms with E-state index in [0.717, 1.165) is 7.11 Å². The molecule has 0 atom stereocenters. The van der Waals surface area contributed by atoms with Crippen molar-refractivity contribution in [1.82, 2.24) is 0 Å². The first-order chi connectivity index (χ1) is 18.3. The van der Waals surface area contributed by atoms with E-state index in [9.17, 15) is 24.0 Å². The van der Waals surface area contributed by atoms with Crippen LogP contribution in [0.25, 0.3) is 0 Å². The predicted octanol–water partition coefficient (Wildman–Crippen LogP) is 6.43. The Morgan fingerprint density at radius 3 is 0.500 bits per heavy atom. The summed E-state index contributed by atoms with van der Waals surface area (Å²) in [5.74, 6) is -1.05. The number of carbonyl (C=O) groups is 5. The van der Waals surface area contributed by atoms with Gasteiger partial charge in [0.05, 0.1) is 33.0 Å². The highest BCUT2D eigenvalue weighted by atomic mass is 35.6. The Hall–Kier alpha value is -0.950. The van der Waals surface area contributed by atoms with Gasteiger partial charge in [-0.1, -0.05) is 69.6 Å². The van der Waals surface area contributed by atoms with Crippen LogP contribution in [-0.2, 0) is 47.7 Å². The van der Waals surface area contributed by atoms with Gasteiger partial charge in [-0.25, -0.2) is 0 Å². The first kappa shape index (κ1) is 58.6. The SMILES string of the molecule is CCOC(C)=O.CCOC(C)=O.CCOC(C)=O.CCOC(C)=O.CCOC(C)=O.CO.ClC(Cl)Cl.ClC(Cl)Cl. The minimum atomic E-state index is -0.750. The second-order valence-corrected chi connectivity index (χ2v) is 9.08. The van der Waals surface area contributed by atoms with E-state index in [1.54, 1.807) is 34.6 Å². The topological polar surface area (TPSA) is 152 Å². The fourth-order valence-electron chi connectivity index (χ4n) is 1.02. The molecule has 17 heteroatoms. The number of aliphatic hydroxyl groups is 1. The summed E-state index contributed by atoms with van der Waals surface area (Å²) in [6, 6.07) is 0. The van der Waals surface area contributed by atoms with Crippen molar-refractivity contribution in [2.75, 3.05) is 40.1 Å². The van der Waals surface area contributed by atoms with E-state index >= 15 is 0 Å². The van der Waals surface area contributed by atoms with Crippen LogP contribution in [0.4, 0.5) is 0 Å². The van der Waals surface area contributed by atoms with Crippen LogP contribution in [0, 0.1) is 0 Å². The molecule has 0 aliphatic rings. The maximum Gasteiger partial charge on any atom is 0.302 e. The van der Waals surface area contributed by atoms with Crippen LogP contribution in [-0.4, -0.2) is 83.7 Å². The van der Waals surface area contributed by atoms with Gasteiger partial charge in [-0.2, -0.15) is 0 Å². The molecule has 40 heavy (non-hydrogen) atoms. The monoisotopic (exact) mass is 708 g/mol. The molecular formula is C23H46Cl6O11. The summed E-state index contributed by atoms with van der Waals surface area (Å²) < 4.78 is 20.5. The van der Waals surface area contributed by atoms with Crippen molar-refractivity contribution in [2.24, 2.45) is 0 Å². The second kappa shape index (κ2) is 57.8. The van der Waals surface area contributed by atoms with E-state index in [1.165, 1.54) is 34.6 Å². The zero-order valence-electron chi connectivity index (χ0n) is 25.0.